The number of aromatic nitrogens is 2. The molecule has 1 aliphatic rings. The molecule has 1 saturated carbocycles. The molecule has 100 valence electrons. The molecule has 1 fully saturated rings. The van der Waals surface area contributed by atoms with Crippen LogP contribution in [-0.4, -0.2) is 9.55 Å². The summed E-state index contributed by atoms with van der Waals surface area (Å²) in [6.07, 6.45) is -3.34. The first-order valence-corrected chi connectivity index (χ1v) is 5.74. The van der Waals surface area contributed by atoms with Crippen LogP contribution in [0.4, 0.5) is 13.2 Å². The van der Waals surface area contributed by atoms with Gasteiger partial charge in [-0.1, -0.05) is 6.07 Å². The Labute approximate surface area is 104 Å². The van der Waals surface area contributed by atoms with Gasteiger partial charge in [-0.05, 0) is 25.0 Å². The quantitative estimate of drug-likeness (QED) is 0.862. The lowest BCUT2D eigenvalue weighted by Gasteiger charge is -2.11. The monoisotopic (exact) mass is 270 g/mol. The summed E-state index contributed by atoms with van der Waals surface area (Å²) < 4.78 is 39.6. The fraction of sp³-hybridized carbons (Fsp3) is 0.333. The van der Waals surface area contributed by atoms with E-state index in [0.717, 1.165) is 10.6 Å². The summed E-state index contributed by atoms with van der Waals surface area (Å²) in [6.45, 7) is 0. The molecule has 7 heteroatoms. The lowest BCUT2D eigenvalue weighted by Crippen LogP contribution is -2.35. The van der Waals surface area contributed by atoms with Gasteiger partial charge in [0.2, 0.25) is 0 Å². The highest BCUT2D eigenvalue weighted by Crippen LogP contribution is 2.35. The largest absolute Gasteiger partial charge is 0.417 e. The van der Waals surface area contributed by atoms with Gasteiger partial charge in [-0.15, -0.1) is 0 Å². The topological polar surface area (TPSA) is 54.9 Å². The number of nitrogens with one attached hydrogen (secondary N) is 1. The Balaban J connectivity index is 2.46. The minimum Gasteiger partial charge on any atom is -0.307 e. The first-order valence-electron chi connectivity index (χ1n) is 5.74. The highest BCUT2D eigenvalue weighted by molar-refractivity contribution is 5.81. The number of aromatic amines is 1. The van der Waals surface area contributed by atoms with E-state index in [0.29, 0.717) is 12.8 Å². The summed E-state index contributed by atoms with van der Waals surface area (Å²) in [7, 11) is 0. The van der Waals surface area contributed by atoms with Gasteiger partial charge in [-0.2, -0.15) is 13.2 Å². The summed E-state index contributed by atoms with van der Waals surface area (Å²) in [5.41, 5.74) is -2.61. The molecule has 0 spiro atoms. The molecule has 2 aromatic rings. The van der Waals surface area contributed by atoms with Crippen LogP contribution in [0.15, 0.2) is 27.8 Å². The van der Waals surface area contributed by atoms with Gasteiger partial charge in [-0.25, -0.2) is 4.79 Å². The molecule has 0 unspecified atom stereocenters. The summed E-state index contributed by atoms with van der Waals surface area (Å²) in [5, 5.41) is -0.471. The number of rotatable bonds is 1. The Morgan fingerprint density at radius 3 is 2.47 bits per heavy atom. The van der Waals surface area contributed by atoms with Crippen molar-refractivity contribution in [2.45, 2.75) is 25.1 Å². The second-order valence-corrected chi connectivity index (χ2v) is 4.56. The van der Waals surface area contributed by atoms with Crippen LogP contribution in [0.25, 0.3) is 10.9 Å². The Bertz CT molecular complexity index is 769. The molecular weight excluding hydrogens is 261 g/mol. The molecule has 1 aliphatic carbocycles. The van der Waals surface area contributed by atoms with E-state index in [1.807, 2.05) is 0 Å². The van der Waals surface area contributed by atoms with E-state index in [4.69, 9.17) is 0 Å². The van der Waals surface area contributed by atoms with Crippen LogP contribution in [0, 0.1) is 0 Å². The number of halogens is 3. The van der Waals surface area contributed by atoms with E-state index in [-0.39, 0.29) is 11.6 Å². The van der Waals surface area contributed by atoms with Crippen LogP contribution in [-0.2, 0) is 6.18 Å². The van der Waals surface area contributed by atoms with Gasteiger partial charge in [0.15, 0.2) is 0 Å². The molecule has 0 atom stereocenters. The van der Waals surface area contributed by atoms with Crippen LogP contribution in [0.5, 0.6) is 0 Å². The maximum absolute atomic E-state index is 12.9. The van der Waals surface area contributed by atoms with Crippen molar-refractivity contribution in [1.29, 1.82) is 0 Å². The van der Waals surface area contributed by atoms with Crippen molar-refractivity contribution in [3.05, 3.63) is 44.6 Å². The molecule has 1 N–H and O–H groups in total. The van der Waals surface area contributed by atoms with Crippen molar-refractivity contribution < 1.29 is 13.2 Å². The van der Waals surface area contributed by atoms with Crippen molar-refractivity contribution >= 4 is 10.9 Å². The third kappa shape index (κ3) is 1.85. The molecule has 3 rings (SSSR count). The molecule has 1 aromatic carbocycles. The molecule has 0 radical (unpaired) electrons. The zero-order chi connectivity index (χ0) is 13.8. The van der Waals surface area contributed by atoms with Crippen LogP contribution in [0.2, 0.25) is 0 Å². The fourth-order valence-corrected chi connectivity index (χ4v) is 2.18. The first-order chi connectivity index (χ1) is 8.89. The van der Waals surface area contributed by atoms with Crippen molar-refractivity contribution in [3.8, 4) is 0 Å². The number of alkyl halides is 3. The summed E-state index contributed by atoms with van der Waals surface area (Å²) in [4.78, 5) is 26.2. The van der Waals surface area contributed by atoms with E-state index in [9.17, 15) is 22.8 Å². The predicted molar refractivity (Wildman–Crippen MR) is 62.1 cm³/mol. The van der Waals surface area contributed by atoms with Crippen LogP contribution >= 0.6 is 0 Å². The maximum Gasteiger partial charge on any atom is 0.417 e. The van der Waals surface area contributed by atoms with Gasteiger partial charge in [0, 0.05) is 6.04 Å². The molecular formula is C12H9F3N2O2. The Morgan fingerprint density at radius 2 is 1.89 bits per heavy atom. The highest BCUT2D eigenvalue weighted by Gasteiger charge is 2.35. The minimum absolute atomic E-state index is 0.0817. The second-order valence-electron chi connectivity index (χ2n) is 4.56. The van der Waals surface area contributed by atoms with Crippen molar-refractivity contribution in [1.82, 2.24) is 9.55 Å². The van der Waals surface area contributed by atoms with Gasteiger partial charge >= 0.3 is 11.9 Å². The van der Waals surface area contributed by atoms with E-state index >= 15 is 0 Å². The average Bonchev–Trinajstić information content (AvgIpc) is 3.11. The van der Waals surface area contributed by atoms with Crippen molar-refractivity contribution in [2.24, 2.45) is 0 Å². The zero-order valence-electron chi connectivity index (χ0n) is 9.62. The van der Waals surface area contributed by atoms with Crippen molar-refractivity contribution in [2.75, 3.05) is 0 Å². The summed E-state index contributed by atoms with van der Waals surface area (Å²) in [6, 6.07) is 3.04. The molecule has 0 amide bonds. The lowest BCUT2D eigenvalue weighted by atomic mass is 10.1. The number of fused-ring (bicyclic) bond motifs is 1. The van der Waals surface area contributed by atoms with Crippen LogP contribution in [0.1, 0.15) is 24.4 Å². The number of nitrogens with zero attached hydrogens (tertiary/aromatic N) is 1. The third-order valence-corrected chi connectivity index (χ3v) is 3.17. The van der Waals surface area contributed by atoms with Gasteiger partial charge in [0.05, 0.1) is 16.5 Å². The molecule has 19 heavy (non-hydrogen) atoms. The molecule has 4 nitrogen and oxygen atoms in total. The number of hydrogen-bond donors (Lipinski definition) is 1. The average molecular weight is 270 g/mol. The molecule has 0 bridgehead atoms. The lowest BCUT2D eigenvalue weighted by molar-refractivity contribution is -0.136. The third-order valence-electron chi connectivity index (χ3n) is 3.17. The Morgan fingerprint density at radius 1 is 1.21 bits per heavy atom. The van der Waals surface area contributed by atoms with Crippen molar-refractivity contribution in [3.63, 3.8) is 0 Å². The number of hydrogen-bond acceptors (Lipinski definition) is 2. The number of H-pyrrole nitrogens is 1. The molecule has 0 aliphatic heterocycles. The highest BCUT2D eigenvalue weighted by atomic mass is 19.4. The Hall–Kier alpha value is -2.05. The Kier molecular flexibility index (Phi) is 2.35. The van der Waals surface area contributed by atoms with Gasteiger partial charge in [0.1, 0.15) is 0 Å². The SMILES string of the molecule is O=c1[nH]c2cccc(C(F)(F)F)c2c(=O)n1C1CC1. The molecule has 0 saturated heterocycles. The van der Waals surface area contributed by atoms with E-state index in [2.05, 4.69) is 4.98 Å². The number of benzene rings is 1. The van der Waals surface area contributed by atoms with E-state index in [1.54, 1.807) is 0 Å². The van der Waals surface area contributed by atoms with Gasteiger partial charge in [0.25, 0.3) is 5.56 Å². The summed E-state index contributed by atoms with van der Waals surface area (Å²) >= 11 is 0. The predicted octanol–water partition coefficient (Wildman–Crippen LogP) is 2.04. The molecule has 1 heterocycles. The molecule has 1 aromatic heterocycles. The summed E-state index contributed by atoms with van der Waals surface area (Å²) in [5.74, 6) is 0. The maximum atomic E-state index is 12.9. The van der Waals surface area contributed by atoms with Gasteiger partial charge < -0.3 is 4.98 Å². The smallest absolute Gasteiger partial charge is 0.307 e. The minimum atomic E-state index is -4.63. The van der Waals surface area contributed by atoms with Crippen LogP contribution < -0.4 is 11.2 Å². The van der Waals surface area contributed by atoms with E-state index in [1.165, 1.54) is 12.1 Å². The fourth-order valence-electron chi connectivity index (χ4n) is 2.18. The normalized spacial score (nSPS) is 15.9. The first kappa shape index (κ1) is 12.0. The van der Waals surface area contributed by atoms with E-state index < -0.39 is 28.4 Å². The second kappa shape index (κ2) is 3.72. The zero-order valence-corrected chi connectivity index (χ0v) is 9.62. The standard InChI is InChI=1S/C12H9F3N2O2/c13-12(14,15)7-2-1-3-8-9(7)10(18)17(6-4-5-6)11(19)16-8/h1-3,6H,4-5H2,(H,16,19). The van der Waals surface area contributed by atoms with Crippen LogP contribution in [0.3, 0.4) is 0 Å². The van der Waals surface area contributed by atoms with Gasteiger partial charge in [-0.3, -0.25) is 9.36 Å².